The Morgan fingerprint density at radius 1 is 1.54 bits per heavy atom. The largest absolute Gasteiger partial charge is 0.468 e. The zero-order valence-electron chi connectivity index (χ0n) is 14.2. The summed E-state index contributed by atoms with van der Waals surface area (Å²) in [6.45, 7) is 5.29. The fourth-order valence-corrected chi connectivity index (χ4v) is 4.02. The summed E-state index contributed by atoms with van der Waals surface area (Å²) in [5, 5.41) is 6.27. The zero-order chi connectivity index (χ0) is 16.8. The molecule has 1 N–H and O–H groups in total. The van der Waals surface area contributed by atoms with Gasteiger partial charge in [0, 0.05) is 11.9 Å². The molecule has 1 saturated heterocycles. The number of amides is 1. The number of nitrogens with one attached hydrogen (secondary N) is 1. The average molecular weight is 347 g/mol. The monoisotopic (exact) mass is 347 g/mol. The van der Waals surface area contributed by atoms with Crippen molar-refractivity contribution >= 4 is 17.2 Å². The van der Waals surface area contributed by atoms with Crippen LogP contribution in [0.15, 0.2) is 28.2 Å². The molecule has 24 heavy (non-hydrogen) atoms. The molecular weight excluding hydrogens is 322 g/mol. The van der Waals surface area contributed by atoms with Crippen LogP contribution in [0.3, 0.4) is 0 Å². The van der Waals surface area contributed by atoms with Gasteiger partial charge < -0.3 is 9.73 Å². The Kier molecular flexibility index (Phi) is 6.04. The van der Waals surface area contributed by atoms with E-state index >= 15 is 0 Å². The first kappa shape index (κ1) is 17.2. The Morgan fingerprint density at radius 2 is 2.46 bits per heavy atom. The third-order valence-corrected chi connectivity index (χ3v) is 5.30. The highest BCUT2D eigenvalue weighted by molar-refractivity contribution is 7.09. The fourth-order valence-electron chi connectivity index (χ4n) is 3.12. The Bertz CT molecular complexity index is 638. The molecule has 1 amide bonds. The summed E-state index contributed by atoms with van der Waals surface area (Å²) in [4.78, 5) is 19.3. The Morgan fingerprint density at radius 3 is 3.25 bits per heavy atom. The zero-order valence-corrected chi connectivity index (χ0v) is 15.0. The third kappa shape index (κ3) is 4.68. The predicted molar refractivity (Wildman–Crippen MR) is 94.7 cm³/mol. The van der Waals surface area contributed by atoms with Gasteiger partial charge in [0.05, 0.1) is 36.0 Å². The van der Waals surface area contributed by atoms with Crippen molar-refractivity contribution in [1.82, 2.24) is 15.2 Å². The van der Waals surface area contributed by atoms with E-state index < -0.39 is 0 Å². The second-order valence-electron chi connectivity index (χ2n) is 6.35. The maximum atomic E-state index is 12.5. The van der Waals surface area contributed by atoms with Crippen LogP contribution in [-0.4, -0.2) is 28.9 Å². The summed E-state index contributed by atoms with van der Waals surface area (Å²) in [5.41, 5.74) is 0.972. The molecule has 0 aliphatic carbocycles. The molecule has 0 unspecified atom stereocenters. The molecule has 1 aliphatic rings. The Hall–Kier alpha value is -1.66. The molecular formula is C18H25N3O2S. The molecule has 0 aromatic carbocycles. The van der Waals surface area contributed by atoms with E-state index in [-0.39, 0.29) is 11.8 Å². The number of aromatic nitrogens is 1. The lowest BCUT2D eigenvalue weighted by molar-refractivity contribution is -0.127. The number of likely N-dealkylation sites (tertiary alicyclic amines) is 1. The van der Waals surface area contributed by atoms with Crippen molar-refractivity contribution in [3.63, 3.8) is 0 Å². The van der Waals surface area contributed by atoms with Crippen molar-refractivity contribution in [1.29, 1.82) is 0 Å². The van der Waals surface area contributed by atoms with Crippen LogP contribution < -0.4 is 5.32 Å². The normalized spacial score (nSPS) is 18.6. The first-order chi connectivity index (χ1) is 11.7. The molecule has 3 heterocycles. The van der Waals surface area contributed by atoms with Crippen LogP contribution in [0.4, 0.5) is 0 Å². The number of nitrogens with zero attached hydrogens (tertiary/aromatic N) is 2. The van der Waals surface area contributed by atoms with Gasteiger partial charge in [-0.25, -0.2) is 4.98 Å². The number of hydrogen-bond donors (Lipinski definition) is 1. The number of carbonyl (C=O) groups is 1. The highest BCUT2D eigenvalue weighted by Crippen LogP contribution is 2.19. The number of aryl methyl sites for hydroxylation is 1. The van der Waals surface area contributed by atoms with Gasteiger partial charge in [0.15, 0.2) is 0 Å². The summed E-state index contributed by atoms with van der Waals surface area (Å²) < 4.78 is 5.41. The standard InChI is InChI=1S/C18H25N3O2S/c1-2-5-17-20-15(13-24-17)10-19-18(22)14-6-3-8-21(11-14)12-16-7-4-9-23-16/h4,7,9,13-14H,2-3,5-6,8,10-12H2,1H3,(H,19,22)/t14-/m0/s1. The molecule has 130 valence electrons. The molecule has 2 aromatic rings. The van der Waals surface area contributed by atoms with Gasteiger partial charge in [-0.2, -0.15) is 0 Å². The van der Waals surface area contributed by atoms with Gasteiger partial charge in [-0.3, -0.25) is 9.69 Å². The van der Waals surface area contributed by atoms with E-state index in [1.54, 1.807) is 17.6 Å². The van der Waals surface area contributed by atoms with E-state index in [0.29, 0.717) is 6.54 Å². The van der Waals surface area contributed by atoms with Gasteiger partial charge in [0.1, 0.15) is 5.76 Å². The van der Waals surface area contributed by atoms with Crippen LogP contribution in [0.5, 0.6) is 0 Å². The topological polar surface area (TPSA) is 58.4 Å². The molecule has 2 aromatic heterocycles. The molecule has 0 bridgehead atoms. The first-order valence-corrected chi connectivity index (χ1v) is 9.58. The van der Waals surface area contributed by atoms with Crippen molar-refractivity contribution in [3.05, 3.63) is 40.2 Å². The quantitative estimate of drug-likeness (QED) is 0.835. The van der Waals surface area contributed by atoms with Gasteiger partial charge in [-0.1, -0.05) is 6.92 Å². The number of furan rings is 1. The van der Waals surface area contributed by atoms with Crippen molar-refractivity contribution in [2.75, 3.05) is 13.1 Å². The van der Waals surface area contributed by atoms with Crippen LogP contribution in [-0.2, 0) is 24.3 Å². The van der Waals surface area contributed by atoms with Crippen molar-refractivity contribution < 1.29 is 9.21 Å². The van der Waals surface area contributed by atoms with E-state index in [2.05, 4.69) is 27.5 Å². The number of carbonyl (C=O) groups excluding carboxylic acids is 1. The van der Waals surface area contributed by atoms with Gasteiger partial charge in [0.25, 0.3) is 0 Å². The lowest BCUT2D eigenvalue weighted by Crippen LogP contribution is -2.42. The average Bonchev–Trinajstić information content (AvgIpc) is 3.25. The van der Waals surface area contributed by atoms with Crippen LogP contribution in [0, 0.1) is 5.92 Å². The highest BCUT2D eigenvalue weighted by atomic mass is 32.1. The lowest BCUT2D eigenvalue weighted by atomic mass is 9.97. The summed E-state index contributed by atoms with van der Waals surface area (Å²) >= 11 is 1.68. The number of piperidine rings is 1. The molecule has 0 saturated carbocycles. The minimum atomic E-state index is 0.0578. The molecule has 3 rings (SSSR count). The molecule has 0 spiro atoms. The highest BCUT2D eigenvalue weighted by Gasteiger charge is 2.26. The maximum Gasteiger partial charge on any atom is 0.224 e. The van der Waals surface area contributed by atoms with E-state index in [9.17, 15) is 4.79 Å². The fraction of sp³-hybridized carbons (Fsp3) is 0.556. The molecule has 6 heteroatoms. The summed E-state index contributed by atoms with van der Waals surface area (Å²) in [5.74, 6) is 1.16. The van der Waals surface area contributed by atoms with E-state index in [1.165, 1.54) is 0 Å². The molecule has 1 atom stereocenters. The van der Waals surface area contributed by atoms with Gasteiger partial charge in [0.2, 0.25) is 5.91 Å². The number of rotatable bonds is 7. The summed E-state index contributed by atoms with van der Waals surface area (Å²) in [6, 6.07) is 3.89. The maximum absolute atomic E-state index is 12.5. The van der Waals surface area contributed by atoms with Crippen molar-refractivity contribution in [2.24, 2.45) is 5.92 Å². The molecule has 0 radical (unpaired) electrons. The van der Waals surface area contributed by atoms with Gasteiger partial charge >= 0.3 is 0 Å². The smallest absolute Gasteiger partial charge is 0.224 e. The Labute approximate surface area is 147 Å². The van der Waals surface area contributed by atoms with Crippen LogP contribution in [0.25, 0.3) is 0 Å². The minimum absolute atomic E-state index is 0.0578. The van der Waals surface area contributed by atoms with Crippen LogP contribution >= 0.6 is 11.3 Å². The van der Waals surface area contributed by atoms with Crippen LogP contribution in [0.1, 0.15) is 42.6 Å². The van der Waals surface area contributed by atoms with Gasteiger partial charge in [-0.05, 0) is 44.4 Å². The second-order valence-corrected chi connectivity index (χ2v) is 7.30. The molecule has 5 nitrogen and oxygen atoms in total. The SMILES string of the molecule is CCCc1nc(CNC(=O)[C@H]2CCCN(Cc3ccco3)C2)cs1. The van der Waals surface area contributed by atoms with E-state index in [0.717, 1.165) is 61.8 Å². The Balaban J connectivity index is 1.47. The summed E-state index contributed by atoms with van der Waals surface area (Å²) in [7, 11) is 0. The predicted octanol–water partition coefficient (Wildman–Crippen LogP) is 3.22. The molecule has 1 fully saturated rings. The first-order valence-electron chi connectivity index (χ1n) is 8.70. The lowest BCUT2D eigenvalue weighted by Gasteiger charge is -2.31. The molecule has 1 aliphatic heterocycles. The number of thiazole rings is 1. The minimum Gasteiger partial charge on any atom is -0.468 e. The number of hydrogen-bond acceptors (Lipinski definition) is 5. The van der Waals surface area contributed by atoms with Crippen molar-refractivity contribution in [3.8, 4) is 0 Å². The van der Waals surface area contributed by atoms with E-state index in [1.807, 2.05) is 12.1 Å². The van der Waals surface area contributed by atoms with Crippen molar-refractivity contribution in [2.45, 2.75) is 45.7 Å². The van der Waals surface area contributed by atoms with Gasteiger partial charge in [-0.15, -0.1) is 11.3 Å². The van der Waals surface area contributed by atoms with Crippen LogP contribution in [0.2, 0.25) is 0 Å². The second kappa shape index (κ2) is 8.44. The summed E-state index contributed by atoms with van der Waals surface area (Å²) in [6.07, 6.45) is 5.83. The van der Waals surface area contributed by atoms with E-state index in [4.69, 9.17) is 4.42 Å². The third-order valence-electron chi connectivity index (χ3n) is 4.34.